The number of aryl methyl sites for hydroxylation is 3. The minimum Gasteiger partial charge on any atom is -0.854 e. The van der Waals surface area contributed by atoms with Crippen LogP contribution in [0.15, 0.2) is 75.9 Å². The van der Waals surface area contributed by atoms with Gasteiger partial charge in [-0.2, -0.15) is 0 Å². The second kappa shape index (κ2) is 16.5. The summed E-state index contributed by atoms with van der Waals surface area (Å²) >= 11 is 4.32. The first-order chi connectivity index (χ1) is 15.5. The summed E-state index contributed by atoms with van der Waals surface area (Å²) in [5, 5.41) is 0. The van der Waals surface area contributed by atoms with Crippen molar-refractivity contribution in [2.24, 2.45) is 21.1 Å². The maximum Gasteiger partial charge on any atom is 0.248 e. The summed E-state index contributed by atoms with van der Waals surface area (Å²) in [5.74, 6) is 1.33. The second-order valence-electron chi connectivity index (χ2n) is 6.61. The molecule has 0 atom stereocenters. The van der Waals surface area contributed by atoms with Crippen molar-refractivity contribution < 1.29 is 23.5 Å². The molecular weight excluding hydrogens is 475 g/mol. The van der Waals surface area contributed by atoms with Crippen LogP contribution in [0.25, 0.3) is 18.6 Å². The van der Waals surface area contributed by atoms with E-state index in [9.17, 15) is 9.79 Å². The van der Waals surface area contributed by atoms with Crippen LogP contribution in [0.3, 0.4) is 0 Å². The number of hydrogen-bond donors (Lipinski definition) is 0. The van der Waals surface area contributed by atoms with Crippen LogP contribution in [0.4, 0.5) is 0 Å². The van der Waals surface area contributed by atoms with Crippen molar-refractivity contribution in [3.8, 4) is 0 Å². The summed E-state index contributed by atoms with van der Waals surface area (Å²) < 4.78 is 11.5. The number of hydrogen-bond acceptors (Lipinski definition) is 3. The van der Waals surface area contributed by atoms with E-state index in [0.29, 0.717) is 11.5 Å². The molecule has 0 saturated carbocycles. The molecule has 3 aromatic rings. The molecule has 0 bridgehead atoms. The van der Waals surface area contributed by atoms with E-state index >= 15 is 0 Å². The Labute approximate surface area is 206 Å². The van der Waals surface area contributed by atoms with Crippen LogP contribution in [-0.4, -0.2) is 25.2 Å². The van der Waals surface area contributed by atoms with Crippen molar-refractivity contribution in [1.82, 2.24) is 13.7 Å². The van der Waals surface area contributed by atoms with Gasteiger partial charge in [-0.3, -0.25) is 0 Å². The molecule has 0 aliphatic carbocycles. The Morgan fingerprint density at radius 1 is 0.758 bits per heavy atom. The van der Waals surface area contributed by atoms with Crippen LogP contribution in [0.1, 0.15) is 13.8 Å². The van der Waals surface area contributed by atoms with Crippen molar-refractivity contribution in [2.75, 3.05) is 11.5 Å². The maximum absolute atomic E-state index is 10.6. The predicted octanol–water partition coefficient (Wildman–Crippen LogP) is 0.829. The van der Waals surface area contributed by atoms with Gasteiger partial charge >= 0.3 is 0 Å². The van der Waals surface area contributed by atoms with E-state index in [-0.39, 0.29) is 0 Å². The second-order valence-corrected chi connectivity index (χ2v) is 14.7. The van der Waals surface area contributed by atoms with Gasteiger partial charge in [0, 0.05) is 0 Å². The van der Waals surface area contributed by atoms with Crippen LogP contribution in [0.5, 0.6) is 0 Å². The molecule has 8 nitrogen and oxygen atoms in total. The SMILES string of the molecule is C=Cn1cc[n+](C)c1.C=Cn1cc[n+](C)c1.C=Cn1cc[n+](C)c1.CCS(CC)=P([O-])([O-])[S-]. The Hall–Kier alpha value is -2.10. The van der Waals surface area contributed by atoms with E-state index in [1.165, 1.54) is 0 Å². The quantitative estimate of drug-likeness (QED) is 0.289. The zero-order valence-electron chi connectivity index (χ0n) is 20.2. The topological polar surface area (TPSA) is 72.5 Å². The van der Waals surface area contributed by atoms with E-state index in [4.69, 9.17) is 0 Å². The van der Waals surface area contributed by atoms with Crippen LogP contribution in [0.2, 0.25) is 0 Å². The first-order valence-electron chi connectivity index (χ1n) is 10.2. The highest BCUT2D eigenvalue weighted by atomic mass is 32.9. The number of rotatable bonds is 5. The lowest BCUT2D eigenvalue weighted by Crippen LogP contribution is -2.23. The van der Waals surface area contributed by atoms with Crippen LogP contribution >= 0.6 is 5.69 Å². The summed E-state index contributed by atoms with van der Waals surface area (Å²) in [4.78, 5) is 21.3. The van der Waals surface area contributed by atoms with Gasteiger partial charge in [0.1, 0.15) is 37.2 Å². The van der Waals surface area contributed by atoms with Crippen molar-refractivity contribution in [2.45, 2.75) is 13.8 Å². The van der Waals surface area contributed by atoms with Gasteiger partial charge < -0.3 is 27.7 Å². The molecule has 0 N–H and O–H groups in total. The molecule has 3 aromatic heterocycles. The third kappa shape index (κ3) is 13.9. The molecule has 0 saturated heterocycles. The van der Waals surface area contributed by atoms with Crippen LogP contribution < -0.4 is 23.5 Å². The Bertz CT molecular complexity index is 929. The summed E-state index contributed by atoms with van der Waals surface area (Å²) in [6.45, 7) is 14.5. The van der Waals surface area contributed by atoms with E-state index in [1.54, 1.807) is 18.6 Å². The van der Waals surface area contributed by atoms with Gasteiger partial charge in [0.15, 0.2) is 0 Å². The normalized spacial score (nSPS) is 10.1. The Morgan fingerprint density at radius 3 is 1.09 bits per heavy atom. The molecule has 11 heteroatoms. The lowest BCUT2D eigenvalue weighted by atomic mass is 10.8. The van der Waals surface area contributed by atoms with Gasteiger partial charge in [0.25, 0.3) is 0 Å². The van der Waals surface area contributed by atoms with Gasteiger partial charge in [-0.25, -0.2) is 37.5 Å². The van der Waals surface area contributed by atoms with Gasteiger partial charge in [-0.15, -0.1) is 0 Å². The fourth-order valence-corrected chi connectivity index (χ4v) is 7.09. The van der Waals surface area contributed by atoms with Gasteiger partial charge in [0.05, 0.1) is 39.7 Å². The van der Waals surface area contributed by atoms with Crippen molar-refractivity contribution in [1.29, 1.82) is 0 Å². The average molecular weight is 513 g/mol. The molecule has 33 heavy (non-hydrogen) atoms. The molecule has 0 amide bonds. The fourth-order valence-electron chi connectivity index (χ4n) is 2.25. The average Bonchev–Trinajstić information content (AvgIpc) is 3.50. The highest BCUT2D eigenvalue weighted by Gasteiger charge is 1.91. The predicted molar refractivity (Wildman–Crippen MR) is 139 cm³/mol. The summed E-state index contributed by atoms with van der Waals surface area (Å²) in [7, 11) is 5.38. The van der Waals surface area contributed by atoms with Crippen molar-refractivity contribution in [3.05, 3.63) is 75.9 Å². The summed E-state index contributed by atoms with van der Waals surface area (Å²) in [6, 6.07) is 0. The smallest absolute Gasteiger partial charge is 0.248 e. The zero-order chi connectivity index (χ0) is 25.4. The van der Waals surface area contributed by atoms with Gasteiger partial charge in [0.2, 0.25) is 19.0 Å². The first-order valence-corrected chi connectivity index (χ1v) is 15.0. The number of nitrogens with zero attached hydrogens (tertiary/aromatic N) is 6. The minimum absolute atomic E-state index is 0.541. The van der Waals surface area contributed by atoms with Crippen molar-refractivity contribution in [3.63, 3.8) is 0 Å². The molecule has 0 aromatic carbocycles. The highest BCUT2D eigenvalue weighted by molar-refractivity contribution is 8.57. The van der Waals surface area contributed by atoms with E-state index in [2.05, 4.69) is 32.0 Å². The molecule has 0 radical (unpaired) electrons. The molecule has 0 aliphatic rings. The standard InChI is InChI=1S/3C6H9N2.C4H10O2PS2/c3*1-3-8-5-4-7(2)6-8;1-3-9(4-2)7(5,6)8/h3*3-6H,1H2,2H3;3-4H2,1-2H3/q3*+1;-3. The summed E-state index contributed by atoms with van der Waals surface area (Å²) in [5.41, 5.74) is -3.41. The minimum atomic E-state index is -3.41. The summed E-state index contributed by atoms with van der Waals surface area (Å²) in [6.07, 6.45) is 22.8. The Kier molecular flexibility index (Phi) is 15.5. The molecule has 0 unspecified atom stereocenters. The van der Waals surface area contributed by atoms with E-state index in [0.717, 1.165) is 0 Å². The maximum atomic E-state index is 10.6. The molecule has 3 heterocycles. The molecule has 184 valence electrons. The Balaban J connectivity index is 0.000000414. The molecule has 0 spiro atoms. The van der Waals surface area contributed by atoms with Crippen LogP contribution in [0, 0.1) is 0 Å². The Morgan fingerprint density at radius 2 is 1.03 bits per heavy atom. The number of aromatic nitrogens is 6. The monoisotopic (exact) mass is 512 g/mol. The third-order valence-electron chi connectivity index (χ3n) is 3.98. The lowest BCUT2D eigenvalue weighted by Gasteiger charge is -2.53. The van der Waals surface area contributed by atoms with Gasteiger partial charge in [-0.1, -0.05) is 33.6 Å². The lowest BCUT2D eigenvalue weighted by molar-refractivity contribution is -0.670. The molecule has 0 aliphatic heterocycles. The molecule has 0 fully saturated rings. The zero-order valence-corrected chi connectivity index (χ0v) is 22.8. The number of imidazole rings is 3. The largest absolute Gasteiger partial charge is 0.854 e. The molecular formula is C22H37N6O2PS2. The van der Waals surface area contributed by atoms with Crippen molar-refractivity contribution >= 4 is 46.6 Å². The third-order valence-corrected chi connectivity index (χ3v) is 11.3. The fraction of sp³-hybridized carbons (Fsp3) is 0.318. The first kappa shape index (κ1) is 30.9. The molecule has 3 rings (SSSR count). The van der Waals surface area contributed by atoms with E-state index < -0.39 is 15.8 Å². The van der Waals surface area contributed by atoms with Gasteiger partial charge in [-0.05, 0) is 11.5 Å². The van der Waals surface area contributed by atoms with Crippen LogP contribution in [-0.2, 0) is 43.5 Å². The highest BCUT2D eigenvalue weighted by Crippen LogP contribution is 2.27. The van der Waals surface area contributed by atoms with E-state index in [1.807, 2.05) is 119 Å².